The molecule has 96 valence electrons. The zero-order chi connectivity index (χ0) is 12.5. The first-order chi connectivity index (χ1) is 8.26. The molecular formula is C15H24ClTe+. The van der Waals surface area contributed by atoms with E-state index in [9.17, 15) is 0 Å². The van der Waals surface area contributed by atoms with Crippen LogP contribution in [0.1, 0.15) is 45.1 Å². The van der Waals surface area contributed by atoms with Crippen molar-refractivity contribution < 1.29 is 0 Å². The molecule has 17 heavy (non-hydrogen) atoms. The molecule has 0 aromatic heterocycles. The van der Waals surface area contributed by atoms with E-state index in [0.29, 0.717) is 0 Å². The van der Waals surface area contributed by atoms with E-state index >= 15 is 0 Å². The van der Waals surface area contributed by atoms with Crippen LogP contribution in [0.3, 0.4) is 0 Å². The zero-order valence-electron chi connectivity index (χ0n) is 11.0. The minimum atomic E-state index is -0.871. The van der Waals surface area contributed by atoms with Crippen molar-refractivity contribution in [3.05, 3.63) is 34.9 Å². The number of unbranched alkanes of at least 4 members (excludes halogenated alkanes) is 2. The fourth-order valence-electron chi connectivity index (χ4n) is 1.76. The van der Waals surface area contributed by atoms with Crippen LogP contribution in [0.25, 0.3) is 0 Å². The van der Waals surface area contributed by atoms with Crippen molar-refractivity contribution in [3.8, 4) is 0 Å². The standard InChI is InChI=1S/C15H24ClTe/c1-3-5-11-17(12-6-4-2)13-14-7-9-15(16)10-8-14/h7-10H,3-6,11-13H2,1-2H3/q+1. The summed E-state index contributed by atoms with van der Waals surface area (Å²) in [4.78, 5) is 0. The Morgan fingerprint density at radius 1 is 0.941 bits per heavy atom. The van der Waals surface area contributed by atoms with Crippen molar-refractivity contribution in [2.75, 3.05) is 0 Å². The molecule has 0 heterocycles. The monoisotopic (exact) mass is 369 g/mol. The van der Waals surface area contributed by atoms with E-state index in [2.05, 4.69) is 26.0 Å². The van der Waals surface area contributed by atoms with Gasteiger partial charge >= 0.3 is 119 Å². The molecule has 1 aromatic carbocycles. The van der Waals surface area contributed by atoms with Crippen LogP contribution in [-0.4, -0.2) is 19.6 Å². The Labute approximate surface area is 118 Å². The number of benzene rings is 1. The molecule has 1 aromatic rings. The van der Waals surface area contributed by atoms with Crippen LogP contribution in [-0.2, 0) is 4.47 Å². The van der Waals surface area contributed by atoms with Crippen molar-refractivity contribution in [1.82, 2.24) is 0 Å². The summed E-state index contributed by atoms with van der Waals surface area (Å²) < 4.78 is 4.48. The van der Waals surface area contributed by atoms with Crippen LogP contribution in [0.4, 0.5) is 0 Å². The van der Waals surface area contributed by atoms with Gasteiger partial charge in [-0.3, -0.25) is 0 Å². The summed E-state index contributed by atoms with van der Waals surface area (Å²) in [6, 6.07) is 8.50. The first-order valence-corrected chi connectivity index (χ1v) is 12.0. The van der Waals surface area contributed by atoms with E-state index in [1.165, 1.54) is 35.7 Å². The quantitative estimate of drug-likeness (QED) is 0.531. The maximum absolute atomic E-state index is 5.93. The van der Waals surface area contributed by atoms with Crippen LogP contribution in [0.5, 0.6) is 0 Å². The predicted molar refractivity (Wildman–Crippen MR) is 80.3 cm³/mol. The van der Waals surface area contributed by atoms with Crippen LogP contribution >= 0.6 is 11.6 Å². The van der Waals surface area contributed by atoms with E-state index in [4.69, 9.17) is 11.6 Å². The van der Waals surface area contributed by atoms with Gasteiger partial charge in [-0.1, -0.05) is 0 Å². The average molecular weight is 367 g/mol. The Morgan fingerprint density at radius 2 is 1.47 bits per heavy atom. The fraction of sp³-hybridized carbons (Fsp3) is 0.600. The Morgan fingerprint density at radius 3 is 1.94 bits per heavy atom. The summed E-state index contributed by atoms with van der Waals surface area (Å²) >= 11 is 5.06. The summed E-state index contributed by atoms with van der Waals surface area (Å²) in [5, 5.41) is 0.859. The third kappa shape index (κ3) is 6.70. The van der Waals surface area contributed by atoms with Crippen molar-refractivity contribution in [2.45, 2.75) is 52.9 Å². The molecule has 1 rings (SSSR count). The van der Waals surface area contributed by atoms with Crippen molar-refractivity contribution in [1.29, 1.82) is 0 Å². The Balaban J connectivity index is 2.48. The third-order valence-corrected chi connectivity index (χ3v) is 10.2. The predicted octanol–water partition coefficient (Wildman–Crippen LogP) is 5.52. The Bertz CT molecular complexity index is 286. The van der Waals surface area contributed by atoms with Gasteiger partial charge in [-0.2, -0.15) is 0 Å². The number of hydrogen-bond donors (Lipinski definition) is 0. The van der Waals surface area contributed by atoms with E-state index < -0.39 is 19.6 Å². The molecule has 0 aliphatic heterocycles. The van der Waals surface area contributed by atoms with Gasteiger partial charge in [0.1, 0.15) is 0 Å². The molecule has 0 bridgehead atoms. The van der Waals surface area contributed by atoms with Gasteiger partial charge in [-0.05, 0) is 0 Å². The van der Waals surface area contributed by atoms with Gasteiger partial charge in [0.15, 0.2) is 0 Å². The van der Waals surface area contributed by atoms with E-state index in [1.54, 1.807) is 8.94 Å². The van der Waals surface area contributed by atoms with Gasteiger partial charge in [0.25, 0.3) is 0 Å². The Kier molecular flexibility index (Phi) is 8.36. The molecule has 0 aliphatic carbocycles. The number of hydrogen-bond acceptors (Lipinski definition) is 0. The summed E-state index contributed by atoms with van der Waals surface area (Å²) in [5.74, 6) is 0. The molecule has 0 amide bonds. The average Bonchev–Trinajstić information content (AvgIpc) is 2.35. The van der Waals surface area contributed by atoms with Crippen molar-refractivity contribution in [3.63, 3.8) is 0 Å². The molecule has 0 N–H and O–H groups in total. The second-order valence-corrected chi connectivity index (χ2v) is 11.6. The SMILES string of the molecule is CCCC[Te+](CCCC)Cc1ccc(Cl)cc1. The molecule has 0 spiro atoms. The van der Waals surface area contributed by atoms with Gasteiger partial charge < -0.3 is 0 Å². The summed E-state index contributed by atoms with van der Waals surface area (Å²) in [5.41, 5.74) is 1.51. The number of halogens is 1. The molecule has 0 saturated heterocycles. The molecule has 0 aliphatic rings. The van der Waals surface area contributed by atoms with Crippen LogP contribution in [0.15, 0.2) is 24.3 Å². The normalized spacial score (nSPS) is 11.1. The third-order valence-electron chi connectivity index (χ3n) is 2.86. The van der Waals surface area contributed by atoms with Crippen LogP contribution < -0.4 is 0 Å². The van der Waals surface area contributed by atoms with Gasteiger partial charge in [0, 0.05) is 0 Å². The molecule has 0 radical (unpaired) electrons. The summed E-state index contributed by atoms with van der Waals surface area (Å²) in [7, 11) is 0. The van der Waals surface area contributed by atoms with Gasteiger partial charge in [-0.25, -0.2) is 0 Å². The van der Waals surface area contributed by atoms with Crippen molar-refractivity contribution >= 4 is 31.2 Å². The van der Waals surface area contributed by atoms with Crippen molar-refractivity contribution in [2.24, 2.45) is 0 Å². The van der Waals surface area contributed by atoms with Gasteiger partial charge in [-0.15, -0.1) is 0 Å². The topological polar surface area (TPSA) is 0 Å². The zero-order valence-corrected chi connectivity index (χ0v) is 14.1. The molecular weight excluding hydrogens is 343 g/mol. The summed E-state index contributed by atoms with van der Waals surface area (Å²) in [6.45, 7) is 4.61. The first kappa shape index (κ1) is 15.4. The molecule has 0 fully saturated rings. The Hall–Kier alpha value is 0.300. The summed E-state index contributed by atoms with van der Waals surface area (Å²) in [6.07, 6.45) is 5.58. The van der Waals surface area contributed by atoms with Crippen LogP contribution in [0, 0.1) is 0 Å². The fourth-order valence-corrected chi connectivity index (χ4v) is 9.17. The van der Waals surface area contributed by atoms with E-state index in [0.717, 1.165) is 5.02 Å². The molecule has 0 unspecified atom stereocenters. The van der Waals surface area contributed by atoms with Gasteiger partial charge in [0.2, 0.25) is 0 Å². The van der Waals surface area contributed by atoms with E-state index in [-0.39, 0.29) is 0 Å². The van der Waals surface area contributed by atoms with E-state index in [1.807, 2.05) is 12.1 Å². The number of rotatable bonds is 8. The minimum absolute atomic E-state index is 0.859. The first-order valence-electron chi connectivity index (χ1n) is 6.64. The molecule has 2 heteroatoms. The van der Waals surface area contributed by atoms with Gasteiger partial charge in [0.05, 0.1) is 0 Å². The second kappa shape index (κ2) is 9.26. The molecule has 0 atom stereocenters. The van der Waals surface area contributed by atoms with Crippen LogP contribution in [0.2, 0.25) is 14.0 Å². The molecule has 0 saturated carbocycles. The second-order valence-electron chi connectivity index (χ2n) is 4.50. The molecule has 0 nitrogen and oxygen atoms in total. The maximum atomic E-state index is 5.93.